The monoisotopic (exact) mass is 594 g/mol. The number of unbranched alkanes of at least 4 members (excludes halogenated alkanes) is 15. The van der Waals surface area contributed by atoms with Crippen molar-refractivity contribution in [2.45, 2.75) is 116 Å². The molecule has 0 saturated heterocycles. The lowest BCUT2D eigenvalue weighted by Gasteiger charge is -2.31. The highest BCUT2D eigenvalue weighted by molar-refractivity contribution is 5.85. The minimum absolute atomic E-state index is 0. The highest BCUT2D eigenvalue weighted by Crippen LogP contribution is 2.21. The molecule has 0 aromatic heterocycles. The zero-order valence-electron chi connectivity index (χ0n) is 27.0. The molecule has 2 rings (SSSR count). The van der Waals surface area contributed by atoms with Gasteiger partial charge in [-0.3, -0.25) is 0 Å². The van der Waals surface area contributed by atoms with Gasteiger partial charge in [0.1, 0.15) is 0 Å². The summed E-state index contributed by atoms with van der Waals surface area (Å²) in [6.45, 7) is 3.96. The van der Waals surface area contributed by atoms with Gasteiger partial charge in [0.2, 0.25) is 0 Å². The van der Waals surface area contributed by atoms with Crippen LogP contribution in [0.15, 0.2) is 42.5 Å². The number of quaternary nitrogens is 2. The van der Waals surface area contributed by atoms with Crippen molar-refractivity contribution in [1.29, 1.82) is 0 Å². The van der Waals surface area contributed by atoms with E-state index in [1.54, 1.807) is 0 Å². The van der Waals surface area contributed by atoms with E-state index in [1.807, 2.05) is 0 Å². The van der Waals surface area contributed by atoms with E-state index in [9.17, 15) is 0 Å². The van der Waals surface area contributed by atoms with Crippen molar-refractivity contribution in [3.8, 4) is 0 Å². The third-order valence-corrected chi connectivity index (χ3v) is 8.43. The Kier molecular flexibility index (Phi) is 22.3. The smallest absolute Gasteiger partial charge is 0.0836 e. The van der Waals surface area contributed by atoms with Crippen LogP contribution < -0.4 is 24.8 Å². The van der Waals surface area contributed by atoms with Crippen LogP contribution in [-0.2, 0) is 6.42 Å². The second-order valence-electron chi connectivity index (χ2n) is 13.8. The molecule has 0 atom stereocenters. The molecule has 0 unspecified atom stereocenters. The predicted molar refractivity (Wildman–Crippen MR) is 171 cm³/mol. The summed E-state index contributed by atoms with van der Waals surface area (Å²) in [4.78, 5) is 0. The first kappa shape index (κ1) is 39.2. The van der Waals surface area contributed by atoms with Crippen molar-refractivity contribution >= 4 is 10.8 Å². The molecule has 0 N–H and O–H groups in total. The van der Waals surface area contributed by atoms with Gasteiger partial charge < -0.3 is 33.8 Å². The minimum Gasteiger partial charge on any atom is -1.00 e. The van der Waals surface area contributed by atoms with Crippen LogP contribution in [0.2, 0.25) is 0 Å². The molecule has 2 aromatic rings. The molecule has 0 amide bonds. The molecule has 4 heteroatoms. The van der Waals surface area contributed by atoms with Gasteiger partial charge in [-0.2, -0.15) is 0 Å². The Bertz CT molecular complexity index is 854. The van der Waals surface area contributed by atoms with E-state index in [4.69, 9.17) is 0 Å². The first-order valence-corrected chi connectivity index (χ1v) is 16.4. The van der Waals surface area contributed by atoms with Crippen LogP contribution >= 0.6 is 0 Å². The number of rotatable bonds is 23. The second-order valence-corrected chi connectivity index (χ2v) is 13.8. The van der Waals surface area contributed by atoms with Gasteiger partial charge in [-0.25, -0.2) is 0 Å². The van der Waals surface area contributed by atoms with Crippen LogP contribution in [0, 0.1) is 0 Å². The zero-order valence-corrected chi connectivity index (χ0v) is 28.6. The third-order valence-electron chi connectivity index (χ3n) is 8.43. The molecule has 0 aliphatic carbocycles. The molecule has 40 heavy (non-hydrogen) atoms. The average molecular weight is 596 g/mol. The molecule has 0 radical (unpaired) electrons. The maximum absolute atomic E-state index is 2.42. The van der Waals surface area contributed by atoms with Crippen LogP contribution in [0.1, 0.15) is 115 Å². The maximum atomic E-state index is 2.42. The lowest BCUT2D eigenvalue weighted by molar-refractivity contribution is -0.902. The fourth-order valence-electron chi connectivity index (χ4n) is 5.93. The van der Waals surface area contributed by atoms with E-state index in [0.29, 0.717) is 0 Å². The molecule has 0 aliphatic heterocycles. The Balaban J connectivity index is 0.00000760. The largest absolute Gasteiger partial charge is 1.00 e. The summed E-state index contributed by atoms with van der Waals surface area (Å²) in [7, 11) is 11.8. The third kappa shape index (κ3) is 19.3. The topological polar surface area (TPSA) is 0 Å². The summed E-state index contributed by atoms with van der Waals surface area (Å²) in [5.74, 6) is 0. The van der Waals surface area contributed by atoms with Crippen LogP contribution in [-0.4, -0.2) is 63.8 Å². The first-order chi connectivity index (χ1) is 18.3. The van der Waals surface area contributed by atoms with Crippen molar-refractivity contribution < 1.29 is 33.8 Å². The van der Waals surface area contributed by atoms with Gasteiger partial charge in [0.25, 0.3) is 0 Å². The van der Waals surface area contributed by atoms with E-state index < -0.39 is 0 Å². The predicted octanol–water partition coefficient (Wildman–Crippen LogP) is 3.80. The fraction of sp³-hybridized carbons (Fsp3) is 0.722. The average Bonchev–Trinajstić information content (AvgIpc) is 2.87. The highest BCUT2D eigenvalue weighted by atomic mass is 35.5. The number of fused-ring (bicyclic) bond motifs is 1. The number of halogens is 2. The molecule has 2 nitrogen and oxygen atoms in total. The van der Waals surface area contributed by atoms with Crippen LogP contribution in [0.4, 0.5) is 0 Å². The summed E-state index contributed by atoms with van der Waals surface area (Å²) in [5.41, 5.74) is 1.53. The van der Waals surface area contributed by atoms with Crippen LogP contribution in [0.25, 0.3) is 10.8 Å². The quantitative estimate of drug-likeness (QED) is 0.136. The lowest BCUT2D eigenvalue weighted by atomic mass is 9.99. The standard InChI is InChI=1S/C36H64N2.2ClH/c1-37(2,3)31-25-33-38(4,5)32-23-19-17-15-13-11-9-7-6-8-10-12-14-16-18-20-26-34-28-24-29-35-27-21-22-30-36(34)35;;/h21-22,24,27-30H,6-20,23,25-26,31-33H2,1-5H3;2*1H/q+2;;/p-2. The molecule has 0 bridgehead atoms. The first-order valence-electron chi connectivity index (χ1n) is 16.4. The Hall–Kier alpha value is -0.800. The van der Waals surface area contributed by atoms with Gasteiger partial charge in [-0.1, -0.05) is 126 Å². The normalized spacial score (nSPS) is 11.8. The van der Waals surface area contributed by atoms with Gasteiger partial charge >= 0.3 is 0 Å². The van der Waals surface area contributed by atoms with Crippen LogP contribution in [0.5, 0.6) is 0 Å². The van der Waals surface area contributed by atoms with Crippen molar-refractivity contribution in [3.05, 3.63) is 48.0 Å². The Morgan fingerprint density at radius 2 is 0.850 bits per heavy atom. The van der Waals surface area contributed by atoms with Crippen molar-refractivity contribution in [3.63, 3.8) is 0 Å². The number of benzene rings is 2. The Labute approximate surface area is 262 Å². The fourth-order valence-corrected chi connectivity index (χ4v) is 5.93. The van der Waals surface area contributed by atoms with E-state index in [-0.39, 0.29) is 24.8 Å². The molecule has 0 aliphatic rings. The molecule has 0 spiro atoms. The molecule has 0 heterocycles. The van der Waals surface area contributed by atoms with Crippen molar-refractivity contribution in [1.82, 2.24) is 0 Å². The minimum atomic E-state index is 0. The van der Waals surface area contributed by atoms with Crippen LogP contribution in [0.3, 0.4) is 0 Å². The summed E-state index contributed by atoms with van der Waals surface area (Å²) in [6.07, 6.45) is 25.5. The summed E-state index contributed by atoms with van der Waals surface area (Å²) < 4.78 is 2.29. The summed E-state index contributed by atoms with van der Waals surface area (Å²) in [5, 5.41) is 2.84. The summed E-state index contributed by atoms with van der Waals surface area (Å²) >= 11 is 0. The van der Waals surface area contributed by atoms with Crippen molar-refractivity contribution in [2.75, 3.05) is 54.9 Å². The molecular weight excluding hydrogens is 531 g/mol. The number of hydrogen-bond donors (Lipinski definition) is 0. The molecule has 0 saturated carbocycles. The van der Waals surface area contributed by atoms with E-state index >= 15 is 0 Å². The Morgan fingerprint density at radius 3 is 1.38 bits per heavy atom. The molecule has 2 aromatic carbocycles. The van der Waals surface area contributed by atoms with Gasteiger partial charge in [0.05, 0.1) is 54.9 Å². The van der Waals surface area contributed by atoms with Gasteiger partial charge in [0, 0.05) is 6.42 Å². The zero-order chi connectivity index (χ0) is 27.5. The van der Waals surface area contributed by atoms with E-state index in [0.717, 1.165) is 4.48 Å². The second kappa shape index (κ2) is 22.8. The molecule has 0 fully saturated rings. The summed E-state index contributed by atoms with van der Waals surface area (Å²) in [6, 6.07) is 15.6. The SMILES string of the molecule is C[N+](C)(C)CCC[N+](C)(C)CCCCCCCCCCCCCCCCCCc1cccc2ccccc12.[Cl-].[Cl-]. The van der Waals surface area contributed by atoms with E-state index in [1.165, 1.54) is 156 Å². The highest BCUT2D eigenvalue weighted by Gasteiger charge is 2.16. The van der Waals surface area contributed by atoms with E-state index in [2.05, 4.69) is 77.7 Å². The van der Waals surface area contributed by atoms with Crippen molar-refractivity contribution in [2.24, 2.45) is 0 Å². The van der Waals surface area contributed by atoms with Gasteiger partial charge in [-0.05, 0) is 42.0 Å². The molecular formula is C36H64Cl2N2. The van der Waals surface area contributed by atoms with Gasteiger partial charge in [-0.15, -0.1) is 0 Å². The molecule has 232 valence electrons. The van der Waals surface area contributed by atoms with Gasteiger partial charge in [0.15, 0.2) is 0 Å². The lowest BCUT2D eigenvalue weighted by Crippen LogP contribution is -3.00. The number of aryl methyl sites for hydroxylation is 1. The number of hydrogen-bond acceptors (Lipinski definition) is 0. The number of nitrogens with zero attached hydrogens (tertiary/aromatic N) is 2. The Morgan fingerprint density at radius 1 is 0.425 bits per heavy atom. The maximum Gasteiger partial charge on any atom is 0.0836 e.